The van der Waals surface area contributed by atoms with E-state index in [0.717, 1.165) is 0 Å². The van der Waals surface area contributed by atoms with E-state index in [1.54, 1.807) is 25.1 Å². The van der Waals surface area contributed by atoms with Crippen LogP contribution in [0.15, 0.2) is 41.7 Å². The topological polar surface area (TPSA) is 237 Å². The molecular formula is C36H44N6O10. The number of ketones is 3. The molecule has 16 heteroatoms. The molecule has 0 heterocycles. The van der Waals surface area contributed by atoms with Gasteiger partial charge in [0.05, 0.1) is 29.0 Å². The highest BCUT2D eigenvalue weighted by Crippen LogP contribution is 2.53. The van der Waals surface area contributed by atoms with Crippen LogP contribution >= 0.6 is 0 Å². The molecule has 16 nitrogen and oxygen atoms in total. The third kappa shape index (κ3) is 6.36. The summed E-state index contributed by atoms with van der Waals surface area (Å²) in [7, 11) is 6.53. The van der Waals surface area contributed by atoms with Crippen LogP contribution < -0.4 is 16.0 Å². The Kier molecular flexibility index (Phi) is 9.71. The number of phenolic OH excluding ortho intramolecular Hbond substituents is 1. The van der Waals surface area contributed by atoms with Crippen molar-refractivity contribution >= 4 is 46.4 Å². The number of primary amides is 1. The highest BCUT2D eigenvalue weighted by atomic mass is 16.6. The molecule has 3 amide bonds. The highest BCUT2D eigenvalue weighted by molar-refractivity contribution is 6.25. The predicted molar refractivity (Wildman–Crippen MR) is 189 cm³/mol. The number of carbonyl (C=O) groups is 5. The van der Waals surface area contributed by atoms with E-state index in [2.05, 4.69) is 5.32 Å². The number of carbonyl (C=O) groups excluding carboxylic acids is 5. The summed E-state index contributed by atoms with van der Waals surface area (Å²) in [5, 5.41) is 48.7. The van der Waals surface area contributed by atoms with Crippen molar-refractivity contribution in [1.82, 2.24) is 9.80 Å². The number of aliphatic hydroxyl groups excluding tert-OH is 1. The Morgan fingerprint density at radius 1 is 1.06 bits per heavy atom. The molecule has 0 spiro atoms. The molecule has 3 aliphatic carbocycles. The van der Waals surface area contributed by atoms with Gasteiger partial charge in [0.1, 0.15) is 17.1 Å². The van der Waals surface area contributed by atoms with Gasteiger partial charge in [0.25, 0.3) is 11.6 Å². The molecule has 2 aromatic carbocycles. The normalized spacial score (nSPS) is 24.2. The Morgan fingerprint density at radius 3 is 2.19 bits per heavy atom. The fourth-order valence-corrected chi connectivity index (χ4v) is 7.93. The number of nitro benzene ring substituents is 1. The number of fused-ring (bicyclic) bond motifs is 3. The lowest BCUT2D eigenvalue weighted by Crippen LogP contribution is -2.68. The van der Waals surface area contributed by atoms with Crippen molar-refractivity contribution in [2.45, 2.75) is 51.8 Å². The Labute approximate surface area is 300 Å². The molecule has 278 valence electrons. The number of rotatable bonds is 8. The molecule has 6 N–H and O–H groups in total. The van der Waals surface area contributed by atoms with Crippen LogP contribution in [0, 0.1) is 33.3 Å². The summed E-state index contributed by atoms with van der Waals surface area (Å²) < 4.78 is 0. The number of Topliss-reactive ketones (excluding diaryl/α,β-unsaturated/α-hetero) is 3. The number of aromatic hydroxyl groups is 1. The number of aliphatic hydroxyl groups is 2. The number of benzene rings is 2. The van der Waals surface area contributed by atoms with Crippen molar-refractivity contribution in [3.8, 4) is 5.75 Å². The third-order valence-corrected chi connectivity index (χ3v) is 10.1. The van der Waals surface area contributed by atoms with Gasteiger partial charge < -0.3 is 36.2 Å². The molecule has 52 heavy (non-hydrogen) atoms. The van der Waals surface area contributed by atoms with Gasteiger partial charge in [-0.25, -0.2) is 4.79 Å². The molecule has 1 saturated carbocycles. The first kappa shape index (κ1) is 37.9. The van der Waals surface area contributed by atoms with E-state index in [0.29, 0.717) is 16.9 Å². The molecule has 0 bridgehead atoms. The predicted octanol–water partition coefficient (Wildman–Crippen LogP) is 2.55. The maximum Gasteiger partial charge on any atom is 0.322 e. The lowest BCUT2D eigenvalue weighted by Gasteiger charge is -2.52. The van der Waals surface area contributed by atoms with E-state index in [1.807, 2.05) is 20.8 Å². The molecule has 1 fully saturated rings. The summed E-state index contributed by atoms with van der Waals surface area (Å²) in [6.45, 7) is 5.71. The summed E-state index contributed by atoms with van der Waals surface area (Å²) in [5.41, 5.74) is 2.44. The monoisotopic (exact) mass is 720 g/mol. The molecular weight excluding hydrogens is 676 g/mol. The van der Waals surface area contributed by atoms with Gasteiger partial charge in [-0.05, 0) is 62.0 Å². The number of nitrogens with one attached hydrogen (secondary N) is 1. The number of amides is 3. The molecule has 3 aliphatic rings. The largest absolute Gasteiger partial charge is 0.508 e. The van der Waals surface area contributed by atoms with Crippen molar-refractivity contribution in [3.05, 3.63) is 68.5 Å². The first-order valence-corrected chi connectivity index (χ1v) is 16.7. The van der Waals surface area contributed by atoms with Gasteiger partial charge in [0, 0.05) is 55.6 Å². The quantitative estimate of drug-likeness (QED) is 0.115. The van der Waals surface area contributed by atoms with E-state index >= 15 is 0 Å². The summed E-state index contributed by atoms with van der Waals surface area (Å²) in [5.74, 6) is -9.22. The number of anilines is 2. The third-order valence-electron chi connectivity index (χ3n) is 10.1. The van der Waals surface area contributed by atoms with Crippen LogP contribution in [0.2, 0.25) is 0 Å². The minimum absolute atomic E-state index is 0.0552. The van der Waals surface area contributed by atoms with Crippen LogP contribution in [-0.4, -0.2) is 106 Å². The second-order valence-electron chi connectivity index (χ2n) is 15.4. The number of non-ortho nitro benzene ring substituents is 1. The lowest BCUT2D eigenvalue weighted by molar-refractivity contribution is -0.384. The smallest absolute Gasteiger partial charge is 0.322 e. The standard InChI is InChI=1S/C36H44N6O10/c1-35(2,3)16-41(34(49)38-19-8-10-20(11-9-19)42(51)52)15-18-14-23(39(4)5)21-12-17-13-22-27(40(6)7)30(45)26(33(37)48)32(47)36(22,50)31(46)24(17)29(44)25(21)28(18)43/h8-11,14,17,22,24,27,43,47,50H,12-13,15-16H2,1-7H3,(H2,37,48)(H,38,49)/t17?,22?,24?,27-,36-/m0/s1. The van der Waals surface area contributed by atoms with Crippen molar-refractivity contribution in [3.63, 3.8) is 0 Å². The van der Waals surface area contributed by atoms with Crippen LogP contribution in [-0.2, 0) is 27.3 Å². The van der Waals surface area contributed by atoms with Crippen LogP contribution in [0.5, 0.6) is 5.75 Å². The van der Waals surface area contributed by atoms with Crippen molar-refractivity contribution in [1.29, 1.82) is 0 Å². The fraction of sp³-hybridized carbons (Fsp3) is 0.472. The summed E-state index contributed by atoms with van der Waals surface area (Å²) in [6, 6.07) is 5.17. The van der Waals surface area contributed by atoms with Crippen LogP contribution in [0.4, 0.5) is 21.9 Å². The van der Waals surface area contributed by atoms with Gasteiger partial charge in [-0.15, -0.1) is 0 Å². The average Bonchev–Trinajstić information content (AvgIpc) is 3.02. The maximum absolute atomic E-state index is 14.5. The van der Waals surface area contributed by atoms with E-state index in [9.17, 15) is 49.4 Å². The molecule has 0 aliphatic heterocycles. The number of hydrogen-bond donors (Lipinski definition) is 5. The fourth-order valence-electron chi connectivity index (χ4n) is 7.93. The Balaban J connectivity index is 1.58. The van der Waals surface area contributed by atoms with Gasteiger partial charge in [-0.2, -0.15) is 0 Å². The molecule has 0 aromatic heterocycles. The SMILES string of the molecule is CN(C)c1cc(CN(CC(C)(C)C)C(=O)Nc2ccc([N+](=O)[O-])cc2)c(O)c2c1CC1CC3[C@H](N(C)C)C(=O)C(C(N)=O)=C(O)[C@@]3(O)C(=O)C1C2=O. The molecule has 5 atom stereocenters. The number of urea groups is 1. The van der Waals surface area contributed by atoms with Gasteiger partial charge >= 0.3 is 6.03 Å². The summed E-state index contributed by atoms with van der Waals surface area (Å²) >= 11 is 0. The van der Waals surface area contributed by atoms with E-state index in [1.165, 1.54) is 48.2 Å². The Bertz CT molecular complexity index is 1910. The van der Waals surface area contributed by atoms with Gasteiger partial charge in [0.15, 0.2) is 23.0 Å². The molecule has 5 rings (SSSR count). The van der Waals surface area contributed by atoms with E-state index < -0.39 is 86.1 Å². The number of hydrogen-bond acceptors (Lipinski definition) is 12. The first-order valence-electron chi connectivity index (χ1n) is 16.7. The second kappa shape index (κ2) is 13.3. The van der Waals surface area contributed by atoms with Crippen molar-refractivity contribution in [2.24, 2.45) is 28.9 Å². The highest BCUT2D eigenvalue weighted by Gasteiger charge is 2.66. The number of likely N-dealkylation sites (N-methyl/N-ethyl adjacent to an activating group) is 1. The van der Waals surface area contributed by atoms with E-state index in [-0.39, 0.29) is 42.7 Å². The Morgan fingerprint density at radius 2 is 1.67 bits per heavy atom. The van der Waals surface area contributed by atoms with Gasteiger partial charge in [-0.1, -0.05) is 20.8 Å². The maximum atomic E-state index is 14.5. The average molecular weight is 721 g/mol. The zero-order chi connectivity index (χ0) is 38.8. The molecule has 2 aromatic rings. The molecule has 0 radical (unpaired) electrons. The van der Waals surface area contributed by atoms with Gasteiger partial charge in [-0.3, -0.25) is 34.2 Å². The minimum Gasteiger partial charge on any atom is -0.508 e. The van der Waals surface area contributed by atoms with Crippen LogP contribution in [0.3, 0.4) is 0 Å². The van der Waals surface area contributed by atoms with Gasteiger partial charge in [0.2, 0.25) is 0 Å². The summed E-state index contributed by atoms with van der Waals surface area (Å²) in [4.78, 5) is 83.3. The van der Waals surface area contributed by atoms with Crippen LogP contribution in [0.25, 0.3) is 0 Å². The number of nitro groups is 1. The number of nitrogens with zero attached hydrogens (tertiary/aromatic N) is 4. The first-order chi connectivity index (χ1) is 24.1. The minimum atomic E-state index is -2.78. The van der Waals surface area contributed by atoms with Crippen molar-refractivity contribution in [2.75, 3.05) is 45.0 Å². The second-order valence-corrected chi connectivity index (χ2v) is 15.4. The lowest BCUT2D eigenvalue weighted by atomic mass is 9.54. The molecule has 3 unspecified atom stereocenters. The number of phenols is 1. The van der Waals surface area contributed by atoms with Crippen LogP contribution in [0.1, 0.15) is 48.7 Å². The molecule has 0 saturated heterocycles. The zero-order valence-electron chi connectivity index (χ0n) is 30.1. The van der Waals surface area contributed by atoms with E-state index in [4.69, 9.17) is 5.73 Å². The number of nitrogens with two attached hydrogens (primary N) is 1. The van der Waals surface area contributed by atoms with Crippen molar-refractivity contribution < 1.29 is 44.2 Å². The zero-order valence-corrected chi connectivity index (χ0v) is 30.1. The summed E-state index contributed by atoms with van der Waals surface area (Å²) in [6.07, 6.45) is 0.0412. The Hall–Kier alpha value is -5.35.